The fourth-order valence-electron chi connectivity index (χ4n) is 1.58. The van der Waals surface area contributed by atoms with Crippen molar-refractivity contribution in [2.45, 2.75) is 12.5 Å². The predicted octanol–water partition coefficient (Wildman–Crippen LogP) is 0.945. The zero-order chi connectivity index (χ0) is 9.97. The van der Waals surface area contributed by atoms with Gasteiger partial charge in [0.15, 0.2) is 0 Å². The molecule has 4 N–H and O–H groups in total. The van der Waals surface area contributed by atoms with E-state index in [1.165, 1.54) is 0 Å². The molecule has 74 valence electrons. The number of hydrogen-bond donors (Lipinski definition) is 3. The summed E-state index contributed by atoms with van der Waals surface area (Å²) in [5.74, 6) is 0. The van der Waals surface area contributed by atoms with E-state index in [0.29, 0.717) is 6.42 Å². The SMILES string of the molecule is N[C@H](CCO)c1c[nH]c2ncccc12. The van der Waals surface area contributed by atoms with E-state index in [4.69, 9.17) is 10.8 Å². The van der Waals surface area contributed by atoms with Crippen molar-refractivity contribution in [1.82, 2.24) is 9.97 Å². The van der Waals surface area contributed by atoms with E-state index in [-0.39, 0.29) is 12.6 Å². The average molecular weight is 191 g/mol. The molecular weight excluding hydrogens is 178 g/mol. The molecule has 2 heterocycles. The molecule has 0 aromatic carbocycles. The summed E-state index contributed by atoms with van der Waals surface area (Å²) in [5, 5.41) is 9.84. The number of aromatic nitrogens is 2. The number of aromatic amines is 1. The molecule has 0 aliphatic heterocycles. The van der Waals surface area contributed by atoms with Crippen molar-refractivity contribution in [3.63, 3.8) is 0 Å². The molecule has 0 unspecified atom stereocenters. The third kappa shape index (κ3) is 1.49. The molecule has 0 fully saturated rings. The summed E-state index contributed by atoms with van der Waals surface area (Å²) in [4.78, 5) is 7.23. The van der Waals surface area contributed by atoms with Crippen LogP contribution >= 0.6 is 0 Å². The molecule has 4 heteroatoms. The summed E-state index contributed by atoms with van der Waals surface area (Å²) in [6, 6.07) is 3.73. The second-order valence-electron chi connectivity index (χ2n) is 3.26. The van der Waals surface area contributed by atoms with Gasteiger partial charge in [-0.1, -0.05) is 0 Å². The minimum atomic E-state index is -0.127. The van der Waals surface area contributed by atoms with Gasteiger partial charge in [-0.3, -0.25) is 0 Å². The first-order valence-corrected chi connectivity index (χ1v) is 4.61. The van der Waals surface area contributed by atoms with Gasteiger partial charge in [0, 0.05) is 30.4 Å². The van der Waals surface area contributed by atoms with Crippen LogP contribution in [0, 0.1) is 0 Å². The van der Waals surface area contributed by atoms with Crippen LogP contribution in [0.2, 0.25) is 0 Å². The Bertz CT molecular complexity index is 424. The number of nitrogens with zero attached hydrogens (tertiary/aromatic N) is 1. The zero-order valence-corrected chi connectivity index (χ0v) is 7.77. The molecule has 0 bridgehead atoms. The first-order chi connectivity index (χ1) is 6.83. The molecule has 0 saturated heterocycles. The maximum atomic E-state index is 8.80. The van der Waals surface area contributed by atoms with Gasteiger partial charge in [0.25, 0.3) is 0 Å². The number of nitrogens with one attached hydrogen (secondary N) is 1. The Morgan fingerprint density at radius 3 is 3.21 bits per heavy atom. The maximum absolute atomic E-state index is 8.80. The number of hydrogen-bond acceptors (Lipinski definition) is 3. The lowest BCUT2D eigenvalue weighted by Gasteiger charge is -2.07. The Balaban J connectivity index is 2.42. The van der Waals surface area contributed by atoms with Gasteiger partial charge in [-0.05, 0) is 24.1 Å². The van der Waals surface area contributed by atoms with Gasteiger partial charge in [-0.15, -0.1) is 0 Å². The summed E-state index contributed by atoms with van der Waals surface area (Å²) >= 11 is 0. The van der Waals surface area contributed by atoms with Crippen LogP contribution in [0.3, 0.4) is 0 Å². The van der Waals surface area contributed by atoms with E-state index < -0.39 is 0 Å². The highest BCUT2D eigenvalue weighted by molar-refractivity contribution is 5.79. The molecule has 4 nitrogen and oxygen atoms in total. The van der Waals surface area contributed by atoms with E-state index in [1.807, 2.05) is 18.3 Å². The highest BCUT2D eigenvalue weighted by atomic mass is 16.3. The van der Waals surface area contributed by atoms with Gasteiger partial charge in [0.1, 0.15) is 5.65 Å². The molecular formula is C10H13N3O. The van der Waals surface area contributed by atoms with Gasteiger partial charge >= 0.3 is 0 Å². The number of pyridine rings is 1. The smallest absolute Gasteiger partial charge is 0.137 e. The highest BCUT2D eigenvalue weighted by Crippen LogP contribution is 2.22. The lowest BCUT2D eigenvalue weighted by atomic mass is 10.1. The van der Waals surface area contributed by atoms with Crippen LogP contribution < -0.4 is 5.73 Å². The van der Waals surface area contributed by atoms with Crippen molar-refractivity contribution < 1.29 is 5.11 Å². The molecule has 0 amide bonds. The monoisotopic (exact) mass is 191 g/mol. The van der Waals surface area contributed by atoms with Gasteiger partial charge in [0.05, 0.1) is 0 Å². The van der Waals surface area contributed by atoms with E-state index in [0.717, 1.165) is 16.6 Å². The van der Waals surface area contributed by atoms with Gasteiger partial charge < -0.3 is 15.8 Å². The summed E-state index contributed by atoms with van der Waals surface area (Å²) in [7, 11) is 0. The van der Waals surface area contributed by atoms with Crippen LogP contribution in [0.1, 0.15) is 18.0 Å². The van der Waals surface area contributed by atoms with Crippen molar-refractivity contribution >= 4 is 11.0 Å². The molecule has 0 spiro atoms. The summed E-state index contributed by atoms with van der Waals surface area (Å²) in [6.07, 6.45) is 4.17. The number of aliphatic hydroxyl groups excluding tert-OH is 1. The maximum Gasteiger partial charge on any atom is 0.137 e. The number of nitrogens with two attached hydrogens (primary N) is 1. The quantitative estimate of drug-likeness (QED) is 0.676. The average Bonchev–Trinajstić information content (AvgIpc) is 2.61. The summed E-state index contributed by atoms with van der Waals surface area (Å²) < 4.78 is 0. The Hall–Kier alpha value is -1.39. The molecule has 2 rings (SSSR count). The van der Waals surface area contributed by atoms with Crippen LogP contribution in [-0.2, 0) is 0 Å². The summed E-state index contributed by atoms with van der Waals surface area (Å²) in [5.41, 5.74) is 7.77. The zero-order valence-electron chi connectivity index (χ0n) is 7.77. The van der Waals surface area contributed by atoms with Crippen LogP contribution in [0.4, 0.5) is 0 Å². The van der Waals surface area contributed by atoms with E-state index in [9.17, 15) is 0 Å². The standard InChI is InChI=1S/C10H13N3O/c11-9(3-5-14)8-6-13-10-7(8)2-1-4-12-10/h1-2,4,6,9,14H,3,5,11H2,(H,12,13)/t9-/m1/s1. The van der Waals surface area contributed by atoms with Crippen LogP contribution in [-0.4, -0.2) is 21.7 Å². The largest absolute Gasteiger partial charge is 0.396 e. The fourth-order valence-corrected chi connectivity index (χ4v) is 1.58. The second-order valence-corrected chi connectivity index (χ2v) is 3.26. The molecule has 0 saturated carbocycles. The van der Waals surface area contributed by atoms with Gasteiger partial charge in [-0.2, -0.15) is 0 Å². The minimum Gasteiger partial charge on any atom is -0.396 e. The van der Waals surface area contributed by atoms with Crippen LogP contribution in [0.5, 0.6) is 0 Å². The number of rotatable bonds is 3. The van der Waals surface area contributed by atoms with Crippen molar-refractivity contribution in [3.8, 4) is 0 Å². The van der Waals surface area contributed by atoms with Crippen LogP contribution in [0.15, 0.2) is 24.5 Å². The first-order valence-electron chi connectivity index (χ1n) is 4.61. The topological polar surface area (TPSA) is 74.9 Å². The molecule has 14 heavy (non-hydrogen) atoms. The first kappa shape index (κ1) is 9.18. The van der Waals surface area contributed by atoms with E-state index in [1.54, 1.807) is 6.20 Å². The Morgan fingerprint density at radius 1 is 1.57 bits per heavy atom. The van der Waals surface area contributed by atoms with Crippen molar-refractivity contribution in [2.24, 2.45) is 5.73 Å². The Morgan fingerprint density at radius 2 is 2.43 bits per heavy atom. The van der Waals surface area contributed by atoms with Gasteiger partial charge in [-0.25, -0.2) is 4.98 Å². The lowest BCUT2D eigenvalue weighted by Crippen LogP contribution is -2.11. The van der Waals surface area contributed by atoms with E-state index >= 15 is 0 Å². The number of H-pyrrole nitrogens is 1. The van der Waals surface area contributed by atoms with Crippen molar-refractivity contribution in [1.29, 1.82) is 0 Å². The third-order valence-electron chi connectivity index (χ3n) is 2.32. The normalized spacial score (nSPS) is 13.3. The Labute approximate surface area is 81.8 Å². The molecule has 0 aliphatic rings. The van der Waals surface area contributed by atoms with Gasteiger partial charge in [0.2, 0.25) is 0 Å². The lowest BCUT2D eigenvalue weighted by molar-refractivity contribution is 0.277. The van der Waals surface area contributed by atoms with Crippen molar-refractivity contribution in [3.05, 3.63) is 30.1 Å². The van der Waals surface area contributed by atoms with Crippen molar-refractivity contribution in [2.75, 3.05) is 6.61 Å². The highest BCUT2D eigenvalue weighted by Gasteiger charge is 2.10. The minimum absolute atomic E-state index is 0.105. The molecule has 2 aromatic heterocycles. The fraction of sp³-hybridized carbons (Fsp3) is 0.300. The molecule has 2 aromatic rings. The van der Waals surface area contributed by atoms with Crippen LogP contribution in [0.25, 0.3) is 11.0 Å². The molecule has 0 radical (unpaired) electrons. The third-order valence-corrected chi connectivity index (χ3v) is 2.32. The number of aliphatic hydroxyl groups is 1. The second kappa shape index (κ2) is 3.77. The predicted molar refractivity (Wildman–Crippen MR) is 54.7 cm³/mol. The molecule has 0 aliphatic carbocycles. The number of fused-ring (bicyclic) bond motifs is 1. The summed E-state index contributed by atoms with van der Waals surface area (Å²) in [6.45, 7) is 0.105. The van der Waals surface area contributed by atoms with E-state index in [2.05, 4.69) is 9.97 Å². The Kier molecular flexibility index (Phi) is 2.47. The molecule has 1 atom stereocenters.